The van der Waals surface area contributed by atoms with Crippen LogP contribution in [0, 0.1) is 0 Å². The van der Waals surface area contributed by atoms with E-state index in [2.05, 4.69) is 37.3 Å². The van der Waals surface area contributed by atoms with Crippen LogP contribution in [0.15, 0.2) is 47.1 Å². The van der Waals surface area contributed by atoms with Crippen LogP contribution in [0.5, 0.6) is 5.88 Å². The van der Waals surface area contributed by atoms with Crippen molar-refractivity contribution in [2.24, 2.45) is 0 Å². The predicted molar refractivity (Wildman–Crippen MR) is 92.6 cm³/mol. The van der Waals surface area contributed by atoms with Crippen LogP contribution in [0.2, 0.25) is 0 Å². The fourth-order valence-electron chi connectivity index (χ4n) is 2.50. The summed E-state index contributed by atoms with van der Waals surface area (Å²) in [6, 6.07) is 12.5. The number of halogens is 1. The van der Waals surface area contributed by atoms with Crippen molar-refractivity contribution in [3.8, 4) is 5.88 Å². The zero-order chi connectivity index (χ0) is 14.9. The minimum atomic E-state index is 0.220. The fourth-order valence-corrected chi connectivity index (χ4v) is 3.80. The van der Waals surface area contributed by atoms with Gasteiger partial charge in [0.1, 0.15) is 6.10 Å². The molecule has 1 saturated carbocycles. The van der Waals surface area contributed by atoms with E-state index in [0.29, 0.717) is 11.9 Å². The molecule has 112 valence electrons. The zero-order valence-corrected chi connectivity index (χ0v) is 14.1. The third-order valence-corrected chi connectivity index (χ3v) is 5.29. The first-order valence-corrected chi connectivity index (χ1v) is 8.78. The van der Waals surface area contributed by atoms with Crippen molar-refractivity contribution in [2.45, 2.75) is 25.0 Å². The maximum atomic E-state index is 5.89. The van der Waals surface area contributed by atoms with Crippen LogP contribution in [-0.4, -0.2) is 22.1 Å². The first kappa shape index (κ1) is 14.0. The highest BCUT2D eigenvalue weighted by atomic mass is 79.9. The number of nitrogens with one attached hydrogen (secondary N) is 1. The summed E-state index contributed by atoms with van der Waals surface area (Å²) < 4.78 is 8.01. The number of benzene rings is 1. The molecule has 3 aromatic rings. The van der Waals surface area contributed by atoms with E-state index in [1.807, 2.05) is 30.3 Å². The molecule has 1 fully saturated rings. The smallest absolute Gasteiger partial charge is 0.228 e. The Labute approximate surface area is 140 Å². The maximum Gasteiger partial charge on any atom is 0.228 e. The van der Waals surface area contributed by atoms with Gasteiger partial charge in [-0.1, -0.05) is 23.5 Å². The fraction of sp³-hybridized carbons (Fsp3) is 0.250. The van der Waals surface area contributed by atoms with Gasteiger partial charge in [-0.2, -0.15) is 0 Å². The van der Waals surface area contributed by atoms with Gasteiger partial charge >= 0.3 is 0 Å². The number of ether oxygens (including phenoxy) is 1. The second kappa shape index (κ2) is 5.85. The molecule has 2 aromatic heterocycles. The molecule has 6 heteroatoms. The van der Waals surface area contributed by atoms with Crippen LogP contribution >= 0.6 is 27.3 Å². The number of para-hydroxylation sites is 1. The molecule has 0 atom stereocenters. The number of pyridine rings is 1. The van der Waals surface area contributed by atoms with E-state index < -0.39 is 0 Å². The quantitative estimate of drug-likeness (QED) is 0.730. The van der Waals surface area contributed by atoms with E-state index in [9.17, 15) is 0 Å². The first-order chi connectivity index (χ1) is 10.8. The molecule has 1 aliphatic rings. The SMILES string of the molecule is Brc1cccnc1O[C@H]1C[C@@H](Nc2nc3ccccc3s2)C1. The van der Waals surface area contributed by atoms with Gasteiger partial charge < -0.3 is 10.1 Å². The van der Waals surface area contributed by atoms with Crippen LogP contribution < -0.4 is 10.1 Å². The number of nitrogens with zero attached hydrogens (tertiary/aromatic N) is 2. The number of fused-ring (bicyclic) bond motifs is 1. The molecule has 0 amide bonds. The number of aromatic nitrogens is 2. The zero-order valence-electron chi connectivity index (χ0n) is 11.7. The van der Waals surface area contributed by atoms with E-state index in [-0.39, 0.29) is 6.10 Å². The summed E-state index contributed by atoms with van der Waals surface area (Å²) in [7, 11) is 0. The summed E-state index contributed by atoms with van der Waals surface area (Å²) in [4.78, 5) is 8.84. The van der Waals surface area contributed by atoms with E-state index in [0.717, 1.165) is 28.0 Å². The lowest BCUT2D eigenvalue weighted by Crippen LogP contribution is -2.42. The van der Waals surface area contributed by atoms with Gasteiger partial charge in [0.05, 0.1) is 14.7 Å². The minimum Gasteiger partial charge on any atom is -0.473 e. The van der Waals surface area contributed by atoms with Gasteiger partial charge in [0.25, 0.3) is 0 Å². The van der Waals surface area contributed by atoms with Gasteiger partial charge in [0, 0.05) is 25.1 Å². The van der Waals surface area contributed by atoms with Gasteiger partial charge in [-0.25, -0.2) is 9.97 Å². The molecule has 0 saturated heterocycles. The van der Waals surface area contributed by atoms with Crippen molar-refractivity contribution < 1.29 is 4.74 Å². The molecule has 1 N–H and O–H groups in total. The van der Waals surface area contributed by atoms with E-state index >= 15 is 0 Å². The Bertz CT molecular complexity index is 768. The number of thiazole rings is 1. The Balaban J connectivity index is 1.35. The number of anilines is 1. The molecule has 2 heterocycles. The predicted octanol–water partition coefficient (Wildman–Crippen LogP) is 4.48. The van der Waals surface area contributed by atoms with Crippen LogP contribution in [-0.2, 0) is 0 Å². The Kier molecular flexibility index (Phi) is 3.72. The van der Waals surface area contributed by atoms with Crippen LogP contribution in [0.25, 0.3) is 10.2 Å². The molecule has 0 aliphatic heterocycles. The molecule has 0 unspecified atom stereocenters. The number of hydrogen-bond donors (Lipinski definition) is 1. The Hall–Kier alpha value is -1.66. The normalized spacial score (nSPS) is 20.6. The van der Waals surface area contributed by atoms with E-state index in [4.69, 9.17) is 4.74 Å². The number of rotatable bonds is 4. The van der Waals surface area contributed by atoms with Crippen molar-refractivity contribution in [3.63, 3.8) is 0 Å². The third-order valence-electron chi connectivity index (χ3n) is 3.72. The second-order valence-electron chi connectivity index (χ2n) is 5.33. The van der Waals surface area contributed by atoms with Crippen molar-refractivity contribution in [2.75, 3.05) is 5.32 Å². The largest absolute Gasteiger partial charge is 0.473 e. The highest BCUT2D eigenvalue weighted by Gasteiger charge is 2.32. The topological polar surface area (TPSA) is 47.0 Å². The Morgan fingerprint density at radius 2 is 2.05 bits per heavy atom. The lowest BCUT2D eigenvalue weighted by atomic mass is 9.89. The minimum absolute atomic E-state index is 0.220. The van der Waals surface area contributed by atoms with Crippen LogP contribution in [0.1, 0.15) is 12.8 Å². The molecule has 1 aromatic carbocycles. The summed E-state index contributed by atoms with van der Waals surface area (Å²) in [5, 5.41) is 4.48. The monoisotopic (exact) mass is 375 g/mol. The summed E-state index contributed by atoms with van der Waals surface area (Å²) in [5.41, 5.74) is 1.06. The van der Waals surface area contributed by atoms with Crippen molar-refractivity contribution in [1.82, 2.24) is 9.97 Å². The second-order valence-corrected chi connectivity index (χ2v) is 7.21. The lowest BCUT2D eigenvalue weighted by Gasteiger charge is -2.35. The molecular weight excluding hydrogens is 362 g/mol. The van der Waals surface area contributed by atoms with Crippen molar-refractivity contribution in [3.05, 3.63) is 47.1 Å². The molecule has 4 nitrogen and oxygen atoms in total. The number of hydrogen-bond acceptors (Lipinski definition) is 5. The summed E-state index contributed by atoms with van der Waals surface area (Å²) in [6.45, 7) is 0. The first-order valence-electron chi connectivity index (χ1n) is 7.17. The van der Waals surface area contributed by atoms with Gasteiger partial charge in [-0.15, -0.1) is 0 Å². The molecule has 0 radical (unpaired) electrons. The van der Waals surface area contributed by atoms with E-state index in [1.54, 1.807) is 17.5 Å². The van der Waals surface area contributed by atoms with Crippen LogP contribution in [0.4, 0.5) is 5.13 Å². The molecule has 1 aliphatic carbocycles. The molecule has 0 bridgehead atoms. The highest BCUT2D eigenvalue weighted by molar-refractivity contribution is 9.10. The van der Waals surface area contributed by atoms with Gasteiger partial charge in [-0.05, 0) is 40.2 Å². The Morgan fingerprint density at radius 3 is 2.86 bits per heavy atom. The average molecular weight is 376 g/mol. The van der Waals surface area contributed by atoms with Gasteiger partial charge in [-0.3, -0.25) is 0 Å². The standard InChI is InChI=1S/C16H14BrN3OS/c17-12-4-3-7-18-15(12)21-11-8-10(9-11)19-16-20-13-5-1-2-6-14(13)22-16/h1-7,10-11H,8-9H2,(H,19,20)/t10-,11+. The summed E-state index contributed by atoms with van der Waals surface area (Å²) in [5.74, 6) is 0.672. The highest BCUT2D eigenvalue weighted by Crippen LogP contribution is 2.33. The Morgan fingerprint density at radius 1 is 1.18 bits per heavy atom. The van der Waals surface area contributed by atoms with Gasteiger partial charge in [0.15, 0.2) is 5.13 Å². The average Bonchev–Trinajstić information content (AvgIpc) is 2.89. The lowest BCUT2D eigenvalue weighted by molar-refractivity contribution is 0.102. The summed E-state index contributed by atoms with van der Waals surface area (Å²) in [6.07, 6.45) is 3.91. The summed E-state index contributed by atoms with van der Waals surface area (Å²) >= 11 is 5.15. The third kappa shape index (κ3) is 2.80. The van der Waals surface area contributed by atoms with Crippen LogP contribution in [0.3, 0.4) is 0 Å². The van der Waals surface area contributed by atoms with Gasteiger partial charge in [0.2, 0.25) is 5.88 Å². The molecule has 22 heavy (non-hydrogen) atoms. The van der Waals surface area contributed by atoms with E-state index in [1.165, 1.54) is 4.70 Å². The maximum absolute atomic E-state index is 5.89. The van der Waals surface area contributed by atoms with Crippen molar-refractivity contribution >= 4 is 42.6 Å². The molecule has 0 spiro atoms. The van der Waals surface area contributed by atoms with Crippen molar-refractivity contribution in [1.29, 1.82) is 0 Å². The molecular formula is C16H14BrN3OS. The molecule has 4 rings (SSSR count).